The number of ether oxygens (including phenoxy) is 2. The van der Waals surface area contributed by atoms with Crippen molar-refractivity contribution in [1.82, 2.24) is 9.55 Å². The zero-order valence-corrected chi connectivity index (χ0v) is 12.1. The highest BCUT2D eigenvalue weighted by Crippen LogP contribution is 2.24. The minimum absolute atomic E-state index is 0.0583. The molecule has 1 atom stereocenters. The Morgan fingerprint density at radius 3 is 3.21 bits per heavy atom. The van der Waals surface area contributed by atoms with Gasteiger partial charge < -0.3 is 14.5 Å². The molecule has 2 aromatic heterocycles. The monoisotopic (exact) mass is 298 g/mol. The van der Waals surface area contributed by atoms with Crippen molar-refractivity contribution in [3.63, 3.8) is 0 Å². The van der Waals surface area contributed by atoms with E-state index in [4.69, 9.17) is 21.7 Å². The van der Waals surface area contributed by atoms with Gasteiger partial charge >= 0.3 is 0 Å². The summed E-state index contributed by atoms with van der Waals surface area (Å²) in [6.07, 6.45) is 0.771. The number of fused-ring (bicyclic) bond motifs is 1. The van der Waals surface area contributed by atoms with Crippen LogP contribution in [0.25, 0.3) is 10.2 Å². The quantitative estimate of drug-likeness (QED) is 0.880. The Hall–Kier alpha value is -1.02. The number of rotatable bonds is 3. The Morgan fingerprint density at radius 1 is 1.68 bits per heavy atom. The van der Waals surface area contributed by atoms with E-state index >= 15 is 0 Å². The number of nitrogens with one attached hydrogen (secondary N) is 1. The fraction of sp³-hybridized carbons (Fsp3) is 0.500. The lowest BCUT2D eigenvalue weighted by atomic mass is 10.0. The van der Waals surface area contributed by atoms with E-state index in [1.807, 2.05) is 11.4 Å². The van der Waals surface area contributed by atoms with E-state index in [9.17, 15) is 4.79 Å². The van der Waals surface area contributed by atoms with Crippen LogP contribution in [0.15, 0.2) is 16.2 Å². The van der Waals surface area contributed by atoms with Gasteiger partial charge in [0.2, 0.25) is 0 Å². The van der Waals surface area contributed by atoms with Crippen LogP contribution >= 0.6 is 23.6 Å². The van der Waals surface area contributed by atoms with Crippen molar-refractivity contribution in [3.05, 3.63) is 26.6 Å². The molecule has 0 aliphatic carbocycles. The van der Waals surface area contributed by atoms with E-state index < -0.39 is 5.60 Å². The lowest BCUT2D eigenvalue weighted by Crippen LogP contribution is -2.40. The molecule has 0 bridgehead atoms. The maximum absolute atomic E-state index is 12.4. The topological polar surface area (TPSA) is 56.2 Å². The molecule has 102 valence electrons. The number of hydrogen-bond acceptors (Lipinski definition) is 5. The van der Waals surface area contributed by atoms with Gasteiger partial charge in [0.25, 0.3) is 5.56 Å². The predicted molar refractivity (Wildman–Crippen MR) is 76.4 cm³/mol. The van der Waals surface area contributed by atoms with Crippen LogP contribution in [-0.4, -0.2) is 35.5 Å². The molecule has 5 nitrogen and oxygen atoms in total. The Bertz CT molecular complexity index is 710. The number of aromatic amines is 1. The largest absolute Gasteiger partial charge is 0.378 e. The molecule has 2 aromatic rings. The van der Waals surface area contributed by atoms with Crippen LogP contribution in [0.2, 0.25) is 0 Å². The molecule has 0 spiro atoms. The van der Waals surface area contributed by atoms with Crippen molar-refractivity contribution in [2.75, 3.05) is 20.3 Å². The summed E-state index contributed by atoms with van der Waals surface area (Å²) in [5.41, 5.74) is 0.290. The fourth-order valence-electron chi connectivity index (χ4n) is 2.34. The first kappa shape index (κ1) is 13.0. The predicted octanol–water partition coefficient (Wildman–Crippen LogP) is 1.93. The van der Waals surface area contributed by atoms with Crippen molar-refractivity contribution in [1.29, 1.82) is 0 Å². The van der Waals surface area contributed by atoms with Crippen LogP contribution in [0, 0.1) is 4.77 Å². The SMILES string of the molecule is COC1(Cn2c(=S)[nH]c3ccsc3c2=O)CCOC1. The molecule has 3 heterocycles. The summed E-state index contributed by atoms with van der Waals surface area (Å²) in [6, 6.07) is 1.87. The van der Waals surface area contributed by atoms with Gasteiger partial charge in [-0.25, -0.2) is 0 Å². The summed E-state index contributed by atoms with van der Waals surface area (Å²) in [5.74, 6) is 0. The first-order valence-electron chi connectivity index (χ1n) is 5.98. The van der Waals surface area contributed by atoms with Gasteiger partial charge in [0.1, 0.15) is 10.3 Å². The second kappa shape index (κ2) is 4.82. The van der Waals surface area contributed by atoms with Gasteiger partial charge in [-0.2, -0.15) is 0 Å². The average molecular weight is 298 g/mol. The van der Waals surface area contributed by atoms with Crippen molar-refractivity contribution in [2.45, 2.75) is 18.6 Å². The van der Waals surface area contributed by atoms with Crippen molar-refractivity contribution in [2.24, 2.45) is 0 Å². The number of hydrogen-bond donors (Lipinski definition) is 1. The summed E-state index contributed by atoms with van der Waals surface area (Å²) in [4.78, 5) is 15.5. The second-order valence-electron chi connectivity index (χ2n) is 4.67. The molecule has 1 aliphatic heterocycles. The molecule has 3 rings (SSSR count). The molecule has 19 heavy (non-hydrogen) atoms. The van der Waals surface area contributed by atoms with Gasteiger partial charge in [-0.3, -0.25) is 9.36 Å². The van der Waals surface area contributed by atoms with Gasteiger partial charge in [0, 0.05) is 20.1 Å². The molecule has 0 aromatic carbocycles. The number of H-pyrrole nitrogens is 1. The van der Waals surface area contributed by atoms with Gasteiger partial charge in [0.15, 0.2) is 4.77 Å². The summed E-state index contributed by atoms with van der Waals surface area (Å²) in [7, 11) is 1.65. The van der Waals surface area contributed by atoms with E-state index in [0.717, 1.165) is 11.9 Å². The molecule has 1 N–H and O–H groups in total. The van der Waals surface area contributed by atoms with Gasteiger partial charge in [0.05, 0.1) is 18.7 Å². The molecule has 1 fully saturated rings. The Kier molecular flexibility index (Phi) is 3.30. The molecule has 0 amide bonds. The third-order valence-corrected chi connectivity index (χ3v) is 4.76. The van der Waals surface area contributed by atoms with Crippen LogP contribution in [-0.2, 0) is 16.0 Å². The van der Waals surface area contributed by atoms with E-state index in [2.05, 4.69) is 4.98 Å². The van der Waals surface area contributed by atoms with Crippen LogP contribution in [0.4, 0.5) is 0 Å². The standard InChI is InChI=1S/C12H14N2O3S2/c1-16-12(3-4-17-7-12)6-14-10(15)9-8(2-5-19-9)13-11(14)18/h2,5H,3-4,6-7H2,1H3,(H,13,18). The summed E-state index contributed by atoms with van der Waals surface area (Å²) >= 11 is 6.70. The maximum atomic E-state index is 12.4. The highest BCUT2D eigenvalue weighted by molar-refractivity contribution is 7.71. The molecular formula is C12H14N2O3S2. The highest BCUT2D eigenvalue weighted by Gasteiger charge is 2.36. The summed E-state index contributed by atoms with van der Waals surface area (Å²) in [6.45, 7) is 1.57. The Labute approximate surface area is 118 Å². The zero-order valence-electron chi connectivity index (χ0n) is 10.5. The van der Waals surface area contributed by atoms with Gasteiger partial charge in [-0.05, 0) is 23.7 Å². The number of nitrogens with zero attached hydrogens (tertiary/aromatic N) is 1. The molecule has 0 saturated carbocycles. The van der Waals surface area contributed by atoms with E-state index in [0.29, 0.717) is 29.2 Å². The maximum Gasteiger partial charge on any atom is 0.272 e. The lowest BCUT2D eigenvalue weighted by Gasteiger charge is -2.26. The molecule has 1 saturated heterocycles. The minimum atomic E-state index is -0.448. The van der Waals surface area contributed by atoms with Crippen molar-refractivity contribution in [3.8, 4) is 0 Å². The number of thiophene rings is 1. The normalized spacial score (nSPS) is 23.2. The smallest absolute Gasteiger partial charge is 0.272 e. The lowest BCUT2D eigenvalue weighted by molar-refractivity contribution is -0.0304. The highest BCUT2D eigenvalue weighted by atomic mass is 32.1. The molecule has 1 aliphatic rings. The van der Waals surface area contributed by atoms with Crippen molar-refractivity contribution >= 4 is 33.8 Å². The third kappa shape index (κ3) is 2.16. The Morgan fingerprint density at radius 2 is 2.53 bits per heavy atom. The number of methoxy groups -OCH3 is 1. The summed E-state index contributed by atoms with van der Waals surface area (Å²) < 4.78 is 13.7. The zero-order chi connectivity index (χ0) is 13.5. The van der Waals surface area contributed by atoms with E-state index in [1.54, 1.807) is 11.7 Å². The average Bonchev–Trinajstić information content (AvgIpc) is 3.04. The minimum Gasteiger partial charge on any atom is -0.378 e. The van der Waals surface area contributed by atoms with Crippen molar-refractivity contribution < 1.29 is 9.47 Å². The summed E-state index contributed by atoms with van der Waals surface area (Å²) in [5, 5.41) is 1.88. The second-order valence-corrected chi connectivity index (χ2v) is 5.98. The van der Waals surface area contributed by atoms with Gasteiger partial charge in [-0.1, -0.05) is 0 Å². The molecule has 0 radical (unpaired) electrons. The fourth-order valence-corrected chi connectivity index (χ4v) is 3.40. The van der Waals surface area contributed by atoms with Gasteiger partial charge in [-0.15, -0.1) is 11.3 Å². The van der Waals surface area contributed by atoms with E-state index in [-0.39, 0.29) is 5.56 Å². The molecule has 7 heteroatoms. The number of aromatic nitrogens is 2. The van der Waals surface area contributed by atoms with Crippen LogP contribution in [0.1, 0.15) is 6.42 Å². The van der Waals surface area contributed by atoms with Crippen LogP contribution in [0.3, 0.4) is 0 Å². The molecular weight excluding hydrogens is 284 g/mol. The third-order valence-electron chi connectivity index (χ3n) is 3.54. The molecule has 1 unspecified atom stereocenters. The first-order chi connectivity index (χ1) is 9.15. The Balaban J connectivity index is 2.10. The van der Waals surface area contributed by atoms with E-state index in [1.165, 1.54) is 11.3 Å². The van der Waals surface area contributed by atoms with Crippen LogP contribution in [0.5, 0.6) is 0 Å². The first-order valence-corrected chi connectivity index (χ1v) is 7.27. The van der Waals surface area contributed by atoms with Crippen LogP contribution < -0.4 is 5.56 Å².